The molecular weight excluding hydrogens is 580 g/mol. The molecule has 0 radical (unpaired) electrons. The summed E-state index contributed by atoms with van der Waals surface area (Å²) in [5.41, 5.74) is 0. The van der Waals surface area contributed by atoms with E-state index in [4.69, 9.17) is 0 Å². The number of quaternary nitrogens is 1. The molecule has 44 heavy (non-hydrogen) atoms. The van der Waals surface area contributed by atoms with Crippen LogP contribution in [-0.4, -0.2) is 173 Å². The lowest BCUT2D eigenvalue weighted by atomic mass is 10.1. The van der Waals surface area contributed by atoms with Gasteiger partial charge in [-0.05, 0) is 32.6 Å². The van der Waals surface area contributed by atoms with Crippen LogP contribution >= 0.6 is 0 Å². The Morgan fingerprint density at radius 3 is 1.73 bits per heavy atom. The first-order valence-electron chi connectivity index (χ1n) is 15.1. The van der Waals surface area contributed by atoms with Gasteiger partial charge in [0.2, 0.25) is 11.8 Å². The molecule has 2 amide bonds. The number of amides is 2. The molecule has 0 aliphatic carbocycles. The molecule has 0 unspecified atom stereocenters. The zero-order valence-electron chi connectivity index (χ0n) is 26.0. The summed E-state index contributed by atoms with van der Waals surface area (Å²) in [4.78, 5) is 75.8. The minimum Gasteiger partial charge on any atom is -0.480 e. The Hall–Kier alpha value is -3.34. The van der Waals surface area contributed by atoms with Crippen molar-refractivity contribution in [3.05, 3.63) is 0 Å². The van der Waals surface area contributed by atoms with E-state index in [-0.39, 0.29) is 61.6 Å². The summed E-state index contributed by atoms with van der Waals surface area (Å²) < 4.78 is -0.275. The number of hydrogen-bond donors (Lipinski definition) is 6. The van der Waals surface area contributed by atoms with Crippen LogP contribution in [0.25, 0.3) is 0 Å². The number of aliphatic carboxylic acids is 4. The average Bonchev–Trinajstić information content (AvgIpc) is 2.87. The number of rotatable bonds is 16. The maximum absolute atomic E-state index is 12.8. The lowest BCUT2D eigenvalue weighted by Gasteiger charge is -2.38. The van der Waals surface area contributed by atoms with Crippen molar-refractivity contribution in [1.82, 2.24) is 25.3 Å². The molecule has 0 aromatic carbocycles. The second kappa shape index (κ2) is 20.6. The third-order valence-corrected chi connectivity index (χ3v) is 7.54. The van der Waals surface area contributed by atoms with Gasteiger partial charge >= 0.3 is 23.9 Å². The standard InChI is InChI=1S/C28H50N6O10/c1-22(30-23(2)35)7-3-4-8-29-24(36)17-31-11-6-15-34(20-27(41)42,21-28(43)44)16-14-33(19-26(39)40)10-5-9-32(13-12-31)18-25(37)38/h22H,3-21H2,1-2H3,(H5-,29,30,35,36,37,38,39,40,41,42,43,44)/p+1/t22-/m1/s1. The van der Waals surface area contributed by atoms with E-state index in [0.29, 0.717) is 52.1 Å². The molecule has 252 valence electrons. The lowest BCUT2D eigenvalue weighted by molar-refractivity contribution is -0.914. The van der Waals surface area contributed by atoms with E-state index >= 15 is 0 Å². The smallest absolute Gasteiger partial charge is 0.359 e. The van der Waals surface area contributed by atoms with Gasteiger partial charge in [-0.1, -0.05) is 0 Å². The molecule has 0 spiro atoms. The molecule has 0 aromatic heterocycles. The van der Waals surface area contributed by atoms with E-state index in [1.807, 2.05) is 11.8 Å². The Kier molecular flexibility index (Phi) is 18.1. The molecule has 6 N–H and O–H groups in total. The monoisotopic (exact) mass is 631 g/mol. The van der Waals surface area contributed by atoms with Crippen molar-refractivity contribution in [2.45, 2.75) is 52.0 Å². The van der Waals surface area contributed by atoms with Crippen molar-refractivity contribution in [3.63, 3.8) is 0 Å². The third-order valence-electron chi connectivity index (χ3n) is 7.54. The predicted molar refractivity (Wildman–Crippen MR) is 159 cm³/mol. The summed E-state index contributed by atoms with van der Waals surface area (Å²) in [6.07, 6.45) is 3.13. The van der Waals surface area contributed by atoms with Crippen LogP contribution in [0.15, 0.2) is 0 Å². The number of unbranched alkanes of at least 4 members (excludes halogenated alkanes) is 1. The molecule has 1 rings (SSSR count). The van der Waals surface area contributed by atoms with Crippen molar-refractivity contribution >= 4 is 35.7 Å². The fourth-order valence-corrected chi connectivity index (χ4v) is 5.52. The minimum absolute atomic E-state index is 0.0352. The van der Waals surface area contributed by atoms with Crippen LogP contribution in [0.2, 0.25) is 0 Å². The fourth-order valence-electron chi connectivity index (χ4n) is 5.52. The van der Waals surface area contributed by atoms with E-state index in [1.165, 1.54) is 6.92 Å². The van der Waals surface area contributed by atoms with Gasteiger partial charge in [-0.3, -0.25) is 33.9 Å². The van der Waals surface area contributed by atoms with Gasteiger partial charge in [0, 0.05) is 65.2 Å². The molecule has 0 bridgehead atoms. The van der Waals surface area contributed by atoms with Crippen molar-refractivity contribution in [2.24, 2.45) is 0 Å². The Balaban J connectivity index is 3.01. The topological polar surface area (TPSA) is 217 Å². The zero-order chi connectivity index (χ0) is 33.1. The van der Waals surface area contributed by atoms with E-state index in [9.17, 15) is 49.2 Å². The van der Waals surface area contributed by atoms with Crippen LogP contribution in [0.3, 0.4) is 0 Å². The number of nitrogens with one attached hydrogen (secondary N) is 2. The second-order valence-electron chi connectivity index (χ2n) is 11.7. The number of carboxylic acids is 4. The van der Waals surface area contributed by atoms with Crippen LogP contribution < -0.4 is 10.6 Å². The molecule has 1 atom stereocenters. The average molecular weight is 632 g/mol. The SMILES string of the molecule is CC(=O)N[C@H](C)CCCCNC(=O)CN1CCC[N+](CC(=O)O)(CC(=O)O)CCN(CC(=O)O)CCCN(CC(=O)O)CC1. The van der Waals surface area contributed by atoms with Crippen molar-refractivity contribution < 1.29 is 53.7 Å². The zero-order valence-corrected chi connectivity index (χ0v) is 26.0. The summed E-state index contributed by atoms with van der Waals surface area (Å²) in [7, 11) is 0. The largest absolute Gasteiger partial charge is 0.480 e. The molecule has 0 aromatic rings. The van der Waals surface area contributed by atoms with Gasteiger partial charge in [-0.2, -0.15) is 0 Å². The third kappa shape index (κ3) is 18.4. The molecule has 1 saturated heterocycles. The molecule has 16 nitrogen and oxygen atoms in total. The molecule has 0 saturated carbocycles. The summed E-state index contributed by atoms with van der Waals surface area (Å²) in [5.74, 6) is -4.71. The molecule has 16 heteroatoms. The highest BCUT2D eigenvalue weighted by Crippen LogP contribution is 2.12. The Labute approximate surface area is 258 Å². The van der Waals surface area contributed by atoms with Crippen molar-refractivity contribution in [1.29, 1.82) is 0 Å². The Morgan fingerprint density at radius 1 is 0.682 bits per heavy atom. The molecule has 1 heterocycles. The minimum atomic E-state index is -1.16. The summed E-state index contributed by atoms with van der Waals surface area (Å²) in [5, 5.41) is 43.8. The lowest BCUT2D eigenvalue weighted by Crippen LogP contribution is -2.58. The maximum Gasteiger partial charge on any atom is 0.359 e. The number of carbonyl (C=O) groups excluding carboxylic acids is 2. The van der Waals surface area contributed by atoms with Gasteiger partial charge < -0.3 is 35.5 Å². The van der Waals surface area contributed by atoms with E-state index in [2.05, 4.69) is 10.6 Å². The fraction of sp³-hybridized carbons (Fsp3) is 0.786. The first kappa shape index (κ1) is 38.7. The van der Waals surface area contributed by atoms with Gasteiger partial charge in [-0.15, -0.1) is 0 Å². The number of carbonyl (C=O) groups is 6. The Bertz CT molecular complexity index is 949. The first-order chi connectivity index (χ1) is 20.7. The highest BCUT2D eigenvalue weighted by atomic mass is 16.4. The number of nitrogens with zero attached hydrogens (tertiary/aromatic N) is 4. The van der Waals surface area contributed by atoms with E-state index < -0.39 is 37.0 Å². The quantitative estimate of drug-likeness (QED) is 0.0859. The van der Waals surface area contributed by atoms with E-state index in [1.54, 1.807) is 9.80 Å². The predicted octanol–water partition coefficient (Wildman–Crippen LogP) is -1.35. The Morgan fingerprint density at radius 2 is 1.20 bits per heavy atom. The maximum atomic E-state index is 12.8. The van der Waals surface area contributed by atoms with E-state index in [0.717, 1.165) is 19.3 Å². The van der Waals surface area contributed by atoms with Crippen molar-refractivity contribution in [2.75, 3.05) is 91.6 Å². The molecule has 1 aliphatic rings. The second-order valence-corrected chi connectivity index (χ2v) is 11.7. The normalized spacial score (nSPS) is 18.4. The van der Waals surface area contributed by atoms with Crippen LogP contribution in [0.4, 0.5) is 0 Å². The summed E-state index contributed by atoms with van der Waals surface area (Å²) in [6.45, 7) is 4.60. The van der Waals surface area contributed by atoms with Gasteiger partial charge in [0.05, 0.1) is 32.7 Å². The van der Waals surface area contributed by atoms with Crippen LogP contribution in [-0.2, 0) is 28.8 Å². The number of hydrogen-bond acceptors (Lipinski definition) is 9. The van der Waals surface area contributed by atoms with Gasteiger partial charge in [-0.25, -0.2) is 9.59 Å². The van der Waals surface area contributed by atoms with Crippen molar-refractivity contribution in [3.8, 4) is 0 Å². The van der Waals surface area contributed by atoms with Crippen LogP contribution in [0, 0.1) is 0 Å². The van der Waals surface area contributed by atoms with Crippen LogP contribution in [0.5, 0.6) is 0 Å². The highest BCUT2D eigenvalue weighted by Gasteiger charge is 2.34. The first-order valence-corrected chi connectivity index (χ1v) is 15.1. The van der Waals surface area contributed by atoms with Gasteiger partial charge in [0.1, 0.15) is 0 Å². The molecular formula is C28H51N6O10+. The van der Waals surface area contributed by atoms with Crippen LogP contribution in [0.1, 0.15) is 46.0 Å². The highest BCUT2D eigenvalue weighted by molar-refractivity contribution is 5.78. The molecule has 1 aliphatic heterocycles. The summed E-state index contributed by atoms with van der Waals surface area (Å²) in [6, 6.07) is 0.0424. The molecule has 1 fully saturated rings. The number of carboxylic acid groups (broad SMARTS) is 4. The van der Waals surface area contributed by atoms with Gasteiger partial charge in [0.15, 0.2) is 13.1 Å². The summed E-state index contributed by atoms with van der Waals surface area (Å²) >= 11 is 0. The van der Waals surface area contributed by atoms with Gasteiger partial charge in [0.25, 0.3) is 0 Å².